The molecular formula is C16H16N4. The summed E-state index contributed by atoms with van der Waals surface area (Å²) in [5.74, 6) is 0.847. The summed E-state index contributed by atoms with van der Waals surface area (Å²) < 4.78 is 2.00. The Balaban J connectivity index is 2.11. The lowest BCUT2D eigenvalue weighted by molar-refractivity contribution is 0.962. The Kier molecular flexibility index (Phi) is 3.56. The number of nitrogens with zero attached hydrogens (tertiary/aromatic N) is 3. The van der Waals surface area contributed by atoms with E-state index < -0.39 is 0 Å². The number of hydrogen-bond acceptors (Lipinski definition) is 3. The first-order chi connectivity index (χ1) is 9.90. The summed E-state index contributed by atoms with van der Waals surface area (Å²) in [4.78, 5) is 0. The summed E-state index contributed by atoms with van der Waals surface area (Å²) in [6.45, 7) is 0.622. The van der Waals surface area contributed by atoms with Gasteiger partial charge in [-0.3, -0.25) is 4.57 Å². The first-order valence-electron chi connectivity index (χ1n) is 6.64. The van der Waals surface area contributed by atoms with Crippen molar-refractivity contribution in [1.82, 2.24) is 14.8 Å². The number of aromatic nitrogens is 3. The van der Waals surface area contributed by atoms with E-state index in [1.54, 1.807) is 6.33 Å². The predicted molar refractivity (Wildman–Crippen MR) is 79.6 cm³/mol. The van der Waals surface area contributed by atoms with Gasteiger partial charge in [-0.15, -0.1) is 10.2 Å². The zero-order valence-electron chi connectivity index (χ0n) is 11.1. The number of rotatable bonds is 4. The molecule has 0 atom stereocenters. The molecule has 20 heavy (non-hydrogen) atoms. The van der Waals surface area contributed by atoms with Gasteiger partial charge < -0.3 is 5.73 Å². The topological polar surface area (TPSA) is 56.7 Å². The van der Waals surface area contributed by atoms with Crippen LogP contribution in [0.1, 0.15) is 5.56 Å². The Hall–Kier alpha value is -2.46. The number of para-hydroxylation sites is 1. The van der Waals surface area contributed by atoms with Gasteiger partial charge in [-0.25, -0.2) is 0 Å². The molecule has 0 bridgehead atoms. The Bertz CT molecular complexity index is 688. The molecule has 2 N–H and O–H groups in total. The molecule has 0 saturated carbocycles. The molecule has 0 aliphatic heterocycles. The minimum atomic E-state index is 0.622. The fourth-order valence-corrected chi connectivity index (χ4v) is 2.31. The summed E-state index contributed by atoms with van der Waals surface area (Å²) in [6.07, 6.45) is 2.57. The van der Waals surface area contributed by atoms with Crippen molar-refractivity contribution in [3.63, 3.8) is 0 Å². The van der Waals surface area contributed by atoms with Crippen LogP contribution in [0, 0.1) is 0 Å². The Morgan fingerprint density at radius 3 is 2.50 bits per heavy atom. The first-order valence-corrected chi connectivity index (χ1v) is 6.64. The summed E-state index contributed by atoms with van der Waals surface area (Å²) >= 11 is 0. The lowest BCUT2D eigenvalue weighted by Crippen LogP contribution is -2.05. The van der Waals surface area contributed by atoms with E-state index in [9.17, 15) is 0 Å². The third-order valence-electron chi connectivity index (χ3n) is 3.25. The maximum absolute atomic E-state index is 5.69. The van der Waals surface area contributed by atoms with Gasteiger partial charge in [0, 0.05) is 11.3 Å². The van der Waals surface area contributed by atoms with Gasteiger partial charge in [0.05, 0.1) is 0 Å². The molecule has 3 rings (SSSR count). The molecule has 1 heterocycles. The van der Waals surface area contributed by atoms with Gasteiger partial charge in [0.15, 0.2) is 5.82 Å². The molecule has 2 aromatic carbocycles. The molecule has 1 aromatic heterocycles. The van der Waals surface area contributed by atoms with E-state index in [4.69, 9.17) is 5.73 Å². The molecule has 0 fully saturated rings. The van der Waals surface area contributed by atoms with E-state index in [1.165, 1.54) is 5.56 Å². The van der Waals surface area contributed by atoms with Gasteiger partial charge in [0.1, 0.15) is 6.33 Å². The van der Waals surface area contributed by atoms with Crippen molar-refractivity contribution in [3.8, 4) is 17.1 Å². The van der Waals surface area contributed by atoms with Crippen LogP contribution in [0.2, 0.25) is 0 Å². The maximum atomic E-state index is 5.69. The van der Waals surface area contributed by atoms with Crippen LogP contribution in [0.4, 0.5) is 0 Å². The SMILES string of the molecule is NCCc1ccccc1-c1nncn1-c1ccccc1. The van der Waals surface area contributed by atoms with Crippen molar-refractivity contribution in [1.29, 1.82) is 0 Å². The van der Waals surface area contributed by atoms with Crippen molar-refractivity contribution < 1.29 is 0 Å². The highest BCUT2D eigenvalue weighted by Crippen LogP contribution is 2.24. The molecule has 4 nitrogen and oxygen atoms in total. The summed E-state index contributed by atoms with van der Waals surface area (Å²) in [5.41, 5.74) is 9.02. The molecule has 0 unspecified atom stereocenters. The lowest BCUT2D eigenvalue weighted by atomic mass is 10.0. The summed E-state index contributed by atoms with van der Waals surface area (Å²) in [7, 11) is 0. The van der Waals surface area contributed by atoms with Gasteiger partial charge in [-0.2, -0.15) is 0 Å². The van der Waals surface area contributed by atoms with E-state index in [0.29, 0.717) is 6.54 Å². The standard InChI is InChI=1S/C16H16N4/c17-11-10-13-6-4-5-9-15(13)16-19-18-12-20(16)14-7-2-1-3-8-14/h1-9,12H,10-11,17H2. The van der Waals surface area contributed by atoms with Crippen LogP contribution in [0.25, 0.3) is 17.1 Å². The zero-order valence-corrected chi connectivity index (χ0v) is 11.1. The van der Waals surface area contributed by atoms with Crippen molar-refractivity contribution in [2.24, 2.45) is 5.73 Å². The second-order valence-corrected chi connectivity index (χ2v) is 4.56. The summed E-state index contributed by atoms with van der Waals surface area (Å²) in [6, 6.07) is 18.3. The quantitative estimate of drug-likeness (QED) is 0.787. The van der Waals surface area contributed by atoms with Gasteiger partial charge in [-0.05, 0) is 30.7 Å². The van der Waals surface area contributed by atoms with Crippen LogP contribution in [-0.4, -0.2) is 21.3 Å². The Morgan fingerprint density at radius 2 is 1.70 bits per heavy atom. The minimum Gasteiger partial charge on any atom is -0.330 e. The molecule has 4 heteroatoms. The second kappa shape index (κ2) is 5.67. The number of hydrogen-bond donors (Lipinski definition) is 1. The molecule has 100 valence electrons. The van der Waals surface area contributed by atoms with E-state index >= 15 is 0 Å². The van der Waals surface area contributed by atoms with Crippen LogP contribution in [0.15, 0.2) is 60.9 Å². The third-order valence-corrected chi connectivity index (χ3v) is 3.25. The average molecular weight is 264 g/mol. The van der Waals surface area contributed by atoms with Crippen LogP contribution in [-0.2, 0) is 6.42 Å². The van der Waals surface area contributed by atoms with Crippen molar-refractivity contribution in [3.05, 3.63) is 66.5 Å². The number of benzene rings is 2. The fourth-order valence-electron chi connectivity index (χ4n) is 2.31. The first kappa shape index (κ1) is 12.6. The molecular weight excluding hydrogens is 248 g/mol. The lowest BCUT2D eigenvalue weighted by Gasteiger charge is -2.10. The average Bonchev–Trinajstić information content (AvgIpc) is 2.98. The molecule has 0 amide bonds. The van der Waals surface area contributed by atoms with E-state index in [0.717, 1.165) is 23.5 Å². The maximum Gasteiger partial charge on any atom is 0.168 e. The van der Waals surface area contributed by atoms with Crippen LogP contribution < -0.4 is 5.73 Å². The smallest absolute Gasteiger partial charge is 0.168 e. The zero-order chi connectivity index (χ0) is 13.8. The number of nitrogens with two attached hydrogens (primary N) is 1. The summed E-state index contributed by atoms with van der Waals surface area (Å²) in [5, 5.41) is 8.34. The molecule has 0 aliphatic rings. The van der Waals surface area contributed by atoms with E-state index in [1.807, 2.05) is 47.0 Å². The van der Waals surface area contributed by atoms with Gasteiger partial charge in [0.2, 0.25) is 0 Å². The van der Waals surface area contributed by atoms with Crippen molar-refractivity contribution >= 4 is 0 Å². The van der Waals surface area contributed by atoms with Gasteiger partial charge in [-0.1, -0.05) is 42.5 Å². The van der Waals surface area contributed by atoms with Gasteiger partial charge >= 0.3 is 0 Å². The third kappa shape index (κ3) is 2.33. The molecule has 0 spiro atoms. The Labute approximate surface area is 117 Å². The Morgan fingerprint density at radius 1 is 0.950 bits per heavy atom. The largest absolute Gasteiger partial charge is 0.330 e. The monoisotopic (exact) mass is 264 g/mol. The molecule has 3 aromatic rings. The van der Waals surface area contributed by atoms with Gasteiger partial charge in [0.25, 0.3) is 0 Å². The molecule has 0 aliphatic carbocycles. The second-order valence-electron chi connectivity index (χ2n) is 4.56. The molecule has 0 saturated heterocycles. The van der Waals surface area contributed by atoms with E-state index in [-0.39, 0.29) is 0 Å². The highest BCUT2D eigenvalue weighted by Gasteiger charge is 2.12. The van der Waals surface area contributed by atoms with Crippen LogP contribution in [0.5, 0.6) is 0 Å². The minimum absolute atomic E-state index is 0.622. The van der Waals surface area contributed by atoms with Crippen LogP contribution in [0.3, 0.4) is 0 Å². The normalized spacial score (nSPS) is 10.7. The van der Waals surface area contributed by atoms with E-state index in [2.05, 4.69) is 22.3 Å². The molecule has 0 radical (unpaired) electrons. The fraction of sp³-hybridized carbons (Fsp3) is 0.125. The highest BCUT2D eigenvalue weighted by atomic mass is 15.3. The van der Waals surface area contributed by atoms with Crippen LogP contribution >= 0.6 is 0 Å². The highest BCUT2D eigenvalue weighted by molar-refractivity contribution is 5.62. The predicted octanol–water partition coefficient (Wildman–Crippen LogP) is 2.44. The van der Waals surface area contributed by atoms with Crippen molar-refractivity contribution in [2.75, 3.05) is 6.54 Å². The van der Waals surface area contributed by atoms with Crippen molar-refractivity contribution in [2.45, 2.75) is 6.42 Å².